The van der Waals surface area contributed by atoms with Crippen molar-refractivity contribution in [3.05, 3.63) is 108 Å². The number of esters is 2. The summed E-state index contributed by atoms with van der Waals surface area (Å²) in [6.07, 6.45) is 3.33. The van der Waals surface area contributed by atoms with Crippen LogP contribution in [-0.2, 0) is 6.42 Å². The lowest BCUT2D eigenvalue weighted by Crippen LogP contribution is -2.22. The molecule has 0 aromatic heterocycles. The Morgan fingerprint density at radius 1 is 0.714 bits per heavy atom. The van der Waals surface area contributed by atoms with Gasteiger partial charge in [-0.3, -0.25) is 0 Å². The molecule has 35 heavy (non-hydrogen) atoms. The average Bonchev–Trinajstić information content (AvgIpc) is 3.42. The molecule has 0 spiro atoms. The Morgan fingerprint density at radius 2 is 1.34 bits per heavy atom. The van der Waals surface area contributed by atoms with Crippen LogP contribution in [0.4, 0.5) is 0 Å². The second kappa shape index (κ2) is 10.5. The van der Waals surface area contributed by atoms with Crippen molar-refractivity contribution in [3.63, 3.8) is 0 Å². The normalized spacial score (nSPS) is 13.6. The molecule has 1 fully saturated rings. The second-order valence-electron chi connectivity index (χ2n) is 8.75. The van der Waals surface area contributed by atoms with E-state index in [1.54, 1.807) is 54.6 Å². The summed E-state index contributed by atoms with van der Waals surface area (Å²) in [5.74, 6) is -0.189. The molecule has 0 N–H and O–H groups in total. The van der Waals surface area contributed by atoms with Crippen LogP contribution in [0.15, 0.2) is 91.0 Å². The number of fused-ring (bicyclic) bond motifs is 1. The van der Waals surface area contributed by atoms with E-state index in [-0.39, 0.29) is 0 Å². The predicted octanol–water partition coefficient (Wildman–Crippen LogP) is 5.92. The number of carbonyl (C=O) groups is 2. The van der Waals surface area contributed by atoms with Crippen LogP contribution in [0.5, 0.6) is 11.5 Å². The van der Waals surface area contributed by atoms with Crippen LogP contribution in [-0.4, -0.2) is 36.5 Å². The quantitative estimate of drug-likeness (QED) is 0.251. The molecule has 0 radical (unpaired) electrons. The molecule has 1 aliphatic rings. The highest BCUT2D eigenvalue weighted by atomic mass is 16.5. The Bertz CT molecular complexity index is 1330. The summed E-state index contributed by atoms with van der Waals surface area (Å²) in [6.45, 7) is 3.20. The topological polar surface area (TPSA) is 55.8 Å². The van der Waals surface area contributed by atoms with Gasteiger partial charge in [0.15, 0.2) is 0 Å². The van der Waals surface area contributed by atoms with Gasteiger partial charge in [-0.2, -0.15) is 0 Å². The zero-order valence-corrected chi connectivity index (χ0v) is 19.5. The first kappa shape index (κ1) is 22.8. The molecule has 1 heterocycles. The Kier molecular flexibility index (Phi) is 6.87. The van der Waals surface area contributed by atoms with Gasteiger partial charge in [0, 0.05) is 18.0 Å². The SMILES string of the molecule is O=C(Oc1cc(OC(=O)c2ccccc2)c2c(CCN3CCCC3)cccc2c1)c1ccccc1. The first-order chi connectivity index (χ1) is 17.2. The van der Waals surface area contributed by atoms with Crippen LogP contribution in [0.3, 0.4) is 0 Å². The van der Waals surface area contributed by atoms with Gasteiger partial charge in [-0.1, -0.05) is 54.6 Å². The van der Waals surface area contributed by atoms with E-state index in [2.05, 4.69) is 11.0 Å². The van der Waals surface area contributed by atoms with Crippen LogP contribution < -0.4 is 9.47 Å². The van der Waals surface area contributed by atoms with Gasteiger partial charge in [0.05, 0.1) is 11.1 Å². The van der Waals surface area contributed by atoms with Gasteiger partial charge in [-0.15, -0.1) is 0 Å². The van der Waals surface area contributed by atoms with Gasteiger partial charge >= 0.3 is 11.9 Å². The van der Waals surface area contributed by atoms with Crippen LogP contribution in [0, 0.1) is 0 Å². The molecule has 176 valence electrons. The van der Waals surface area contributed by atoms with Crippen LogP contribution in [0.25, 0.3) is 10.8 Å². The number of hydrogen-bond acceptors (Lipinski definition) is 5. The van der Waals surface area contributed by atoms with Gasteiger partial charge in [0.1, 0.15) is 11.5 Å². The summed E-state index contributed by atoms with van der Waals surface area (Å²) in [5.41, 5.74) is 2.02. The van der Waals surface area contributed by atoms with Crippen molar-refractivity contribution in [1.29, 1.82) is 0 Å². The molecule has 4 aromatic carbocycles. The van der Waals surface area contributed by atoms with Gasteiger partial charge in [0.2, 0.25) is 0 Å². The Balaban J connectivity index is 1.50. The summed E-state index contributed by atoms with van der Waals surface area (Å²) in [7, 11) is 0. The van der Waals surface area contributed by atoms with Crippen molar-refractivity contribution in [2.45, 2.75) is 19.3 Å². The number of likely N-dealkylation sites (tertiary alicyclic amines) is 1. The molecule has 5 nitrogen and oxygen atoms in total. The second-order valence-corrected chi connectivity index (χ2v) is 8.75. The zero-order valence-electron chi connectivity index (χ0n) is 19.5. The summed E-state index contributed by atoms with van der Waals surface area (Å²) in [6, 6.07) is 27.2. The molecule has 0 bridgehead atoms. The minimum Gasteiger partial charge on any atom is -0.423 e. The van der Waals surface area contributed by atoms with Gasteiger partial charge in [-0.25, -0.2) is 9.59 Å². The molecule has 1 aliphatic heterocycles. The lowest BCUT2D eigenvalue weighted by atomic mass is 10.0. The Hall–Kier alpha value is -3.96. The van der Waals surface area contributed by atoms with Crippen molar-refractivity contribution in [2.75, 3.05) is 19.6 Å². The third kappa shape index (κ3) is 5.42. The third-order valence-corrected chi connectivity index (χ3v) is 6.33. The minimum atomic E-state index is -0.463. The highest BCUT2D eigenvalue weighted by molar-refractivity contribution is 5.98. The first-order valence-electron chi connectivity index (χ1n) is 12.0. The fraction of sp³-hybridized carbons (Fsp3) is 0.200. The van der Waals surface area contributed by atoms with Crippen LogP contribution in [0.2, 0.25) is 0 Å². The summed E-state index contributed by atoms with van der Waals surface area (Å²) in [4.78, 5) is 28.1. The summed E-state index contributed by atoms with van der Waals surface area (Å²) < 4.78 is 11.6. The van der Waals surface area contributed by atoms with E-state index in [9.17, 15) is 9.59 Å². The monoisotopic (exact) mass is 465 g/mol. The largest absolute Gasteiger partial charge is 0.423 e. The van der Waals surface area contributed by atoms with E-state index >= 15 is 0 Å². The number of hydrogen-bond donors (Lipinski definition) is 0. The van der Waals surface area contributed by atoms with E-state index in [0.717, 1.165) is 42.4 Å². The van der Waals surface area contributed by atoms with Crippen molar-refractivity contribution < 1.29 is 19.1 Å². The fourth-order valence-corrected chi connectivity index (χ4v) is 4.54. The van der Waals surface area contributed by atoms with E-state index < -0.39 is 11.9 Å². The number of rotatable bonds is 7. The molecule has 0 aliphatic carbocycles. The number of nitrogens with zero attached hydrogens (tertiary/aromatic N) is 1. The Morgan fingerprint density at radius 3 is 2.00 bits per heavy atom. The summed E-state index contributed by atoms with van der Waals surface area (Å²) >= 11 is 0. The third-order valence-electron chi connectivity index (χ3n) is 6.33. The number of carbonyl (C=O) groups excluding carboxylic acids is 2. The highest BCUT2D eigenvalue weighted by Crippen LogP contribution is 2.35. The van der Waals surface area contributed by atoms with Gasteiger partial charge in [-0.05, 0) is 73.6 Å². The van der Waals surface area contributed by atoms with Gasteiger partial charge < -0.3 is 14.4 Å². The van der Waals surface area contributed by atoms with Crippen LogP contribution in [0.1, 0.15) is 39.1 Å². The number of ether oxygens (including phenoxy) is 2. The van der Waals surface area contributed by atoms with Crippen molar-refractivity contribution >= 4 is 22.7 Å². The number of benzene rings is 4. The molecular weight excluding hydrogens is 438 g/mol. The molecule has 5 rings (SSSR count). The molecule has 0 saturated carbocycles. The van der Waals surface area contributed by atoms with Crippen molar-refractivity contribution in [2.24, 2.45) is 0 Å². The molecule has 0 atom stereocenters. The first-order valence-corrected chi connectivity index (χ1v) is 12.0. The maximum Gasteiger partial charge on any atom is 0.343 e. The predicted molar refractivity (Wildman–Crippen MR) is 136 cm³/mol. The summed E-state index contributed by atoms with van der Waals surface area (Å²) in [5, 5.41) is 1.73. The van der Waals surface area contributed by atoms with E-state index in [4.69, 9.17) is 9.47 Å². The molecular formula is C30H27NO4. The van der Waals surface area contributed by atoms with E-state index in [1.165, 1.54) is 12.8 Å². The molecule has 1 saturated heterocycles. The van der Waals surface area contributed by atoms with E-state index in [0.29, 0.717) is 22.6 Å². The maximum atomic E-state index is 13.0. The lowest BCUT2D eigenvalue weighted by Gasteiger charge is -2.17. The smallest absolute Gasteiger partial charge is 0.343 e. The van der Waals surface area contributed by atoms with Crippen LogP contribution >= 0.6 is 0 Å². The molecule has 4 aromatic rings. The van der Waals surface area contributed by atoms with Crippen molar-refractivity contribution in [3.8, 4) is 11.5 Å². The zero-order chi connectivity index (χ0) is 24.0. The van der Waals surface area contributed by atoms with E-state index in [1.807, 2.05) is 30.3 Å². The van der Waals surface area contributed by atoms with Gasteiger partial charge in [0.25, 0.3) is 0 Å². The Labute approximate surface area is 204 Å². The maximum absolute atomic E-state index is 13.0. The van der Waals surface area contributed by atoms with Crippen molar-refractivity contribution in [1.82, 2.24) is 4.90 Å². The minimum absolute atomic E-state index is 0.332. The highest BCUT2D eigenvalue weighted by Gasteiger charge is 2.18. The molecule has 5 heteroatoms. The fourth-order valence-electron chi connectivity index (χ4n) is 4.54. The molecule has 0 amide bonds. The lowest BCUT2D eigenvalue weighted by molar-refractivity contribution is 0.0734. The molecule has 0 unspecified atom stereocenters. The standard InChI is InChI=1S/C30H27NO4/c32-29(23-10-3-1-4-11-23)34-26-20-25-15-9-14-22(16-19-31-17-7-8-18-31)28(25)27(21-26)35-30(33)24-12-5-2-6-13-24/h1-6,9-15,20-21H,7-8,16-19H2. The average molecular weight is 466 g/mol.